The number of nitrogens with zero attached hydrogens (tertiary/aromatic N) is 1. The lowest BCUT2D eigenvalue weighted by atomic mass is 9.84. The summed E-state index contributed by atoms with van der Waals surface area (Å²) in [6.45, 7) is 6.91. The molecule has 1 rings (SSSR count). The minimum absolute atomic E-state index is 0.0984. The predicted octanol–water partition coefficient (Wildman–Crippen LogP) is 3.66. The van der Waals surface area contributed by atoms with E-state index in [9.17, 15) is 4.79 Å². The number of aromatic nitrogens is 1. The van der Waals surface area contributed by atoms with E-state index in [1.807, 2.05) is 23.8 Å². The van der Waals surface area contributed by atoms with Gasteiger partial charge in [0.2, 0.25) is 0 Å². The van der Waals surface area contributed by atoms with Gasteiger partial charge in [-0.2, -0.15) is 12.6 Å². The van der Waals surface area contributed by atoms with E-state index in [1.54, 1.807) is 0 Å². The Bertz CT molecular complexity index is 429. The summed E-state index contributed by atoms with van der Waals surface area (Å²) in [4.78, 5) is 12.1. The SMILES string of the molecule is CCC(CC)(CS)Cn1cc(Br)cc(C)c1=O. The molecular formula is C13H20BrNOS. The fraction of sp³-hybridized carbons (Fsp3) is 0.615. The van der Waals surface area contributed by atoms with Gasteiger partial charge in [-0.15, -0.1) is 0 Å². The van der Waals surface area contributed by atoms with Crippen LogP contribution < -0.4 is 5.56 Å². The monoisotopic (exact) mass is 317 g/mol. The molecule has 0 aromatic carbocycles. The van der Waals surface area contributed by atoms with Crippen molar-refractivity contribution in [3.05, 3.63) is 32.7 Å². The number of pyridine rings is 1. The van der Waals surface area contributed by atoms with E-state index in [4.69, 9.17) is 0 Å². The molecule has 0 atom stereocenters. The van der Waals surface area contributed by atoms with Crippen molar-refractivity contribution in [2.24, 2.45) is 5.41 Å². The molecule has 2 nitrogen and oxygen atoms in total. The fourth-order valence-electron chi connectivity index (χ4n) is 1.97. The minimum Gasteiger partial charge on any atom is -0.314 e. The lowest BCUT2D eigenvalue weighted by molar-refractivity contribution is 0.254. The molecule has 0 aliphatic carbocycles. The second kappa shape index (κ2) is 6.10. The molecular weight excluding hydrogens is 298 g/mol. The first-order valence-electron chi connectivity index (χ1n) is 5.95. The normalized spacial score (nSPS) is 11.8. The van der Waals surface area contributed by atoms with Crippen LogP contribution in [0, 0.1) is 12.3 Å². The second-order valence-electron chi connectivity index (χ2n) is 4.64. The van der Waals surface area contributed by atoms with Gasteiger partial charge in [-0.05, 0) is 52.9 Å². The Hall–Kier alpha value is -0.220. The summed E-state index contributed by atoms with van der Waals surface area (Å²) in [5.41, 5.74) is 0.987. The highest BCUT2D eigenvalue weighted by atomic mass is 79.9. The van der Waals surface area contributed by atoms with E-state index < -0.39 is 0 Å². The predicted molar refractivity (Wildman–Crippen MR) is 80.0 cm³/mol. The Balaban J connectivity index is 3.14. The number of rotatable bonds is 5. The van der Waals surface area contributed by atoms with E-state index in [0.717, 1.165) is 35.2 Å². The van der Waals surface area contributed by atoms with Crippen LogP contribution in [0.25, 0.3) is 0 Å². The Labute approximate surface area is 117 Å². The zero-order chi connectivity index (χ0) is 13.1. The summed E-state index contributed by atoms with van der Waals surface area (Å²) in [6, 6.07) is 1.86. The van der Waals surface area contributed by atoms with Crippen molar-refractivity contribution in [2.45, 2.75) is 40.2 Å². The molecule has 0 radical (unpaired) electrons. The van der Waals surface area contributed by atoms with Gasteiger partial charge in [0.15, 0.2) is 0 Å². The molecule has 0 fully saturated rings. The third-order valence-corrected chi connectivity index (χ3v) is 4.68. The molecule has 1 heterocycles. The third kappa shape index (κ3) is 3.38. The zero-order valence-electron chi connectivity index (χ0n) is 10.7. The van der Waals surface area contributed by atoms with Gasteiger partial charge in [0.05, 0.1) is 0 Å². The van der Waals surface area contributed by atoms with Crippen molar-refractivity contribution in [1.29, 1.82) is 0 Å². The van der Waals surface area contributed by atoms with Crippen LogP contribution in [0.15, 0.2) is 21.5 Å². The molecule has 0 saturated carbocycles. The average molecular weight is 318 g/mol. The number of thiol groups is 1. The van der Waals surface area contributed by atoms with Gasteiger partial charge in [-0.25, -0.2) is 0 Å². The Morgan fingerprint density at radius 1 is 1.41 bits per heavy atom. The van der Waals surface area contributed by atoms with E-state index in [-0.39, 0.29) is 11.0 Å². The highest BCUT2D eigenvalue weighted by Crippen LogP contribution is 2.29. The van der Waals surface area contributed by atoms with Crippen LogP contribution in [-0.2, 0) is 6.54 Å². The molecule has 1 aromatic rings. The van der Waals surface area contributed by atoms with Gasteiger partial charge in [-0.3, -0.25) is 4.79 Å². The number of halogens is 1. The summed E-state index contributed by atoms with van der Waals surface area (Å²) in [6.07, 6.45) is 3.94. The molecule has 0 aliphatic heterocycles. The van der Waals surface area contributed by atoms with Crippen molar-refractivity contribution in [1.82, 2.24) is 4.57 Å². The van der Waals surface area contributed by atoms with Crippen molar-refractivity contribution < 1.29 is 0 Å². The van der Waals surface area contributed by atoms with Gasteiger partial charge in [0.1, 0.15) is 0 Å². The fourth-order valence-corrected chi connectivity index (χ4v) is 3.10. The number of hydrogen-bond donors (Lipinski definition) is 1. The van der Waals surface area contributed by atoms with E-state index in [0.29, 0.717) is 0 Å². The third-order valence-electron chi connectivity index (χ3n) is 3.57. The van der Waals surface area contributed by atoms with Crippen LogP contribution in [0.4, 0.5) is 0 Å². The second-order valence-corrected chi connectivity index (χ2v) is 5.87. The van der Waals surface area contributed by atoms with Gasteiger partial charge < -0.3 is 4.57 Å². The molecule has 0 unspecified atom stereocenters. The van der Waals surface area contributed by atoms with Crippen molar-refractivity contribution >= 4 is 28.6 Å². The van der Waals surface area contributed by atoms with Crippen molar-refractivity contribution in [3.63, 3.8) is 0 Å². The lowest BCUT2D eigenvalue weighted by Crippen LogP contribution is -2.33. The molecule has 0 amide bonds. The summed E-state index contributed by atoms with van der Waals surface area (Å²) in [7, 11) is 0. The Morgan fingerprint density at radius 2 is 2.00 bits per heavy atom. The van der Waals surface area contributed by atoms with Crippen LogP contribution >= 0.6 is 28.6 Å². The van der Waals surface area contributed by atoms with E-state index in [2.05, 4.69) is 42.4 Å². The lowest BCUT2D eigenvalue weighted by Gasteiger charge is -2.30. The first-order chi connectivity index (χ1) is 7.98. The molecule has 17 heavy (non-hydrogen) atoms. The van der Waals surface area contributed by atoms with Gasteiger partial charge in [0.25, 0.3) is 5.56 Å². The molecule has 0 N–H and O–H groups in total. The van der Waals surface area contributed by atoms with Gasteiger partial charge in [0, 0.05) is 22.8 Å². The largest absolute Gasteiger partial charge is 0.314 e. The van der Waals surface area contributed by atoms with E-state index >= 15 is 0 Å². The van der Waals surface area contributed by atoms with Crippen LogP contribution in [0.5, 0.6) is 0 Å². The summed E-state index contributed by atoms with van der Waals surface area (Å²) >= 11 is 7.89. The standard InChI is InChI=1S/C13H20BrNOS/c1-4-13(5-2,9-17)8-15-7-11(14)6-10(3)12(15)16/h6-7,17H,4-5,8-9H2,1-3H3. The van der Waals surface area contributed by atoms with Crippen LogP contribution in [0.3, 0.4) is 0 Å². The van der Waals surface area contributed by atoms with Crippen LogP contribution in [0.1, 0.15) is 32.3 Å². The Kier molecular flexibility index (Phi) is 5.32. The molecule has 96 valence electrons. The maximum Gasteiger partial charge on any atom is 0.253 e. The number of hydrogen-bond acceptors (Lipinski definition) is 2. The molecule has 4 heteroatoms. The van der Waals surface area contributed by atoms with Gasteiger partial charge >= 0.3 is 0 Å². The number of aryl methyl sites for hydroxylation is 1. The highest BCUT2D eigenvalue weighted by Gasteiger charge is 2.25. The average Bonchev–Trinajstić information content (AvgIpc) is 2.32. The van der Waals surface area contributed by atoms with Gasteiger partial charge in [-0.1, -0.05) is 13.8 Å². The Morgan fingerprint density at radius 3 is 2.47 bits per heavy atom. The molecule has 0 bridgehead atoms. The highest BCUT2D eigenvalue weighted by molar-refractivity contribution is 9.10. The maximum absolute atomic E-state index is 12.1. The molecule has 0 spiro atoms. The molecule has 0 aliphatic rings. The van der Waals surface area contributed by atoms with Crippen molar-refractivity contribution in [3.8, 4) is 0 Å². The van der Waals surface area contributed by atoms with E-state index in [1.165, 1.54) is 0 Å². The first kappa shape index (κ1) is 14.8. The first-order valence-corrected chi connectivity index (χ1v) is 7.38. The maximum atomic E-state index is 12.1. The quantitative estimate of drug-likeness (QED) is 0.823. The molecule has 1 aromatic heterocycles. The minimum atomic E-state index is 0.0984. The topological polar surface area (TPSA) is 22.0 Å². The van der Waals surface area contributed by atoms with Crippen LogP contribution in [0.2, 0.25) is 0 Å². The zero-order valence-corrected chi connectivity index (χ0v) is 13.1. The summed E-state index contributed by atoms with van der Waals surface area (Å²) in [5.74, 6) is 0.804. The summed E-state index contributed by atoms with van der Waals surface area (Å²) in [5, 5.41) is 0. The smallest absolute Gasteiger partial charge is 0.253 e. The van der Waals surface area contributed by atoms with Crippen molar-refractivity contribution in [2.75, 3.05) is 5.75 Å². The molecule has 0 saturated heterocycles. The van der Waals surface area contributed by atoms with Crippen LogP contribution in [-0.4, -0.2) is 10.3 Å². The summed E-state index contributed by atoms with van der Waals surface area (Å²) < 4.78 is 2.76.